The van der Waals surface area contributed by atoms with E-state index >= 15 is 0 Å². The van der Waals surface area contributed by atoms with Gasteiger partial charge in [0.05, 0.1) is 0 Å². The zero-order valence-electron chi connectivity index (χ0n) is 13.0. The van der Waals surface area contributed by atoms with Crippen molar-refractivity contribution in [1.82, 2.24) is 9.88 Å². The minimum Gasteiger partial charge on any atom is -0.406 e. The zero-order chi connectivity index (χ0) is 16.9. The molecule has 0 unspecified atom stereocenters. The molecular weight excluding hydrogens is 309 g/mol. The first kappa shape index (κ1) is 17.6. The third-order valence-electron chi connectivity index (χ3n) is 3.87. The maximum atomic E-state index is 12.3. The number of benzene rings is 1. The summed E-state index contributed by atoms with van der Waals surface area (Å²) in [5, 5.41) is 7.80. The van der Waals surface area contributed by atoms with Gasteiger partial charge in [0.25, 0.3) is 0 Å². The standard InChI is InChI=1S/C15H17F3N2O.CH4O/c16-15(17,18)21-12-3-4-14-13(9-12)11(10-19-14)5-8-20-6-1-2-7-20;1-2/h3-4,9-10,19H,1-2,5-8H2;2H,1H3. The maximum Gasteiger partial charge on any atom is 0.573 e. The van der Waals surface area contributed by atoms with E-state index in [9.17, 15) is 13.2 Å². The Morgan fingerprint density at radius 2 is 1.91 bits per heavy atom. The van der Waals surface area contributed by atoms with Gasteiger partial charge in [-0.3, -0.25) is 0 Å². The molecule has 0 atom stereocenters. The van der Waals surface area contributed by atoms with Crippen LogP contribution in [0.3, 0.4) is 0 Å². The van der Waals surface area contributed by atoms with E-state index in [1.54, 1.807) is 6.07 Å². The largest absolute Gasteiger partial charge is 0.573 e. The van der Waals surface area contributed by atoms with Crippen molar-refractivity contribution in [2.24, 2.45) is 0 Å². The van der Waals surface area contributed by atoms with Crippen LogP contribution < -0.4 is 4.74 Å². The lowest BCUT2D eigenvalue weighted by molar-refractivity contribution is -0.274. The van der Waals surface area contributed by atoms with Crippen LogP contribution in [0.2, 0.25) is 0 Å². The molecule has 3 rings (SSSR count). The number of ether oxygens (including phenoxy) is 1. The Balaban J connectivity index is 0.000000924. The number of hydrogen-bond donors (Lipinski definition) is 2. The Morgan fingerprint density at radius 3 is 2.57 bits per heavy atom. The molecule has 4 nitrogen and oxygen atoms in total. The highest BCUT2D eigenvalue weighted by molar-refractivity contribution is 5.84. The van der Waals surface area contributed by atoms with Crippen molar-refractivity contribution >= 4 is 10.9 Å². The SMILES string of the molecule is CO.FC(F)(F)Oc1ccc2[nH]cc(CCN3CCCC3)c2c1. The molecule has 2 heterocycles. The molecule has 0 bridgehead atoms. The molecule has 0 amide bonds. The normalized spacial score (nSPS) is 15.5. The Bertz CT molecular complexity index is 619. The summed E-state index contributed by atoms with van der Waals surface area (Å²) in [7, 11) is 1.00. The molecule has 0 saturated carbocycles. The molecule has 1 aliphatic heterocycles. The molecule has 2 aromatic rings. The summed E-state index contributed by atoms with van der Waals surface area (Å²) in [6.45, 7) is 3.17. The zero-order valence-corrected chi connectivity index (χ0v) is 13.0. The van der Waals surface area contributed by atoms with Crippen LogP contribution in [-0.4, -0.2) is 48.1 Å². The van der Waals surface area contributed by atoms with E-state index in [2.05, 4.69) is 14.6 Å². The molecule has 1 aliphatic rings. The van der Waals surface area contributed by atoms with E-state index in [0.29, 0.717) is 0 Å². The summed E-state index contributed by atoms with van der Waals surface area (Å²) >= 11 is 0. The molecule has 1 fully saturated rings. The summed E-state index contributed by atoms with van der Waals surface area (Å²) in [5.74, 6) is -0.169. The lowest BCUT2D eigenvalue weighted by atomic mass is 10.1. The first-order valence-corrected chi connectivity index (χ1v) is 7.54. The molecule has 0 spiro atoms. The second kappa shape index (κ2) is 7.70. The van der Waals surface area contributed by atoms with Crippen molar-refractivity contribution < 1.29 is 23.0 Å². The fraction of sp³-hybridized carbons (Fsp3) is 0.500. The summed E-state index contributed by atoms with van der Waals surface area (Å²) in [6.07, 6.45) is 0.516. The molecule has 23 heavy (non-hydrogen) atoms. The van der Waals surface area contributed by atoms with Gasteiger partial charge in [0.15, 0.2) is 0 Å². The van der Waals surface area contributed by atoms with Crippen LogP contribution in [0.15, 0.2) is 24.4 Å². The number of aromatic nitrogens is 1. The number of aliphatic hydroxyl groups is 1. The lowest BCUT2D eigenvalue weighted by Crippen LogP contribution is -2.21. The van der Waals surface area contributed by atoms with Gasteiger partial charge in [0.1, 0.15) is 5.75 Å². The average molecular weight is 330 g/mol. The number of rotatable bonds is 4. The van der Waals surface area contributed by atoms with Gasteiger partial charge in [0.2, 0.25) is 0 Å². The number of likely N-dealkylation sites (tertiary alicyclic amines) is 1. The van der Waals surface area contributed by atoms with Crippen molar-refractivity contribution in [3.8, 4) is 5.75 Å². The fourth-order valence-electron chi connectivity index (χ4n) is 2.85. The van der Waals surface area contributed by atoms with Crippen molar-refractivity contribution in [3.05, 3.63) is 30.0 Å². The first-order valence-electron chi connectivity index (χ1n) is 7.54. The Hall–Kier alpha value is -1.73. The number of nitrogens with one attached hydrogen (secondary N) is 1. The molecular formula is C16H21F3N2O2. The van der Waals surface area contributed by atoms with Crippen molar-refractivity contribution in [2.45, 2.75) is 25.6 Å². The molecule has 1 aromatic carbocycles. The highest BCUT2D eigenvalue weighted by Gasteiger charge is 2.31. The van der Waals surface area contributed by atoms with Crippen LogP contribution >= 0.6 is 0 Å². The van der Waals surface area contributed by atoms with Crippen LogP contribution in [0, 0.1) is 0 Å². The van der Waals surface area contributed by atoms with Crippen LogP contribution in [0.4, 0.5) is 13.2 Å². The van der Waals surface area contributed by atoms with Gasteiger partial charge in [-0.15, -0.1) is 13.2 Å². The van der Waals surface area contributed by atoms with Gasteiger partial charge in [-0.1, -0.05) is 0 Å². The molecule has 1 saturated heterocycles. The third-order valence-corrected chi connectivity index (χ3v) is 3.87. The number of alkyl halides is 3. The molecule has 128 valence electrons. The number of aromatic amines is 1. The van der Waals surface area contributed by atoms with Gasteiger partial charge in [-0.05, 0) is 56.1 Å². The van der Waals surface area contributed by atoms with Crippen molar-refractivity contribution in [2.75, 3.05) is 26.7 Å². The number of halogens is 3. The van der Waals surface area contributed by atoms with E-state index in [0.717, 1.165) is 49.6 Å². The second-order valence-corrected chi connectivity index (χ2v) is 5.37. The van der Waals surface area contributed by atoms with Crippen molar-refractivity contribution in [3.63, 3.8) is 0 Å². The predicted octanol–water partition coefficient (Wildman–Crippen LogP) is 3.31. The minimum atomic E-state index is -4.65. The molecule has 0 aliphatic carbocycles. The first-order chi connectivity index (χ1) is 11.0. The minimum absolute atomic E-state index is 0.169. The predicted molar refractivity (Wildman–Crippen MR) is 82.5 cm³/mol. The Labute approximate surface area is 132 Å². The van der Waals surface area contributed by atoms with Crippen LogP contribution in [0.1, 0.15) is 18.4 Å². The van der Waals surface area contributed by atoms with E-state index in [1.807, 2.05) is 6.20 Å². The van der Waals surface area contributed by atoms with E-state index in [-0.39, 0.29) is 5.75 Å². The Kier molecular flexibility index (Phi) is 5.90. The third kappa shape index (κ3) is 4.87. The van der Waals surface area contributed by atoms with E-state index in [4.69, 9.17) is 5.11 Å². The van der Waals surface area contributed by atoms with Gasteiger partial charge >= 0.3 is 6.36 Å². The number of aliphatic hydroxyl groups excluding tert-OH is 1. The second-order valence-electron chi connectivity index (χ2n) is 5.37. The summed E-state index contributed by atoms with van der Waals surface area (Å²) in [4.78, 5) is 5.48. The fourth-order valence-corrected chi connectivity index (χ4v) is 2.85. The summed E-state index contributed by atoms with van der Waals surface area (Å²) in [6, 6.07) is 4.41. The number of nitrogens with zero attached hydrogens (tertiary/aromatic N) is 1. The van der Waals surface area contributed by atoms with Crippen LogP contribution in [0.25, 0.3) is 10.9 Å². The smallest absolute Gasteiger partial charge is 0.406 e. The molecule has 2 N–H and O–H groups in total. The molecule has 7 heteroatoms. The highest BCUT2D eigenvalue weighted by Crippen LogP contribution is 2.28. The number of H-pyrrole nitrogens is 1. The number of fused-ring (bicyclic) bond motifs is 1. The van der Waals surface area contributed by atoms with Crippen molar-refractivity contribution in [1.29, 1.82) is 0 Å². The van der Waals surface area contributed by atoms with Gasteiger partial charge in [-0.25, -0.2) is 0 Å². The van der Waals surface area contributed by atoms with Gasteiger partial charge in [-0.2, -0.15) is 0 Å². The van der Waals surface area contributed by atoms with Crippen LogP contribution in [0.5, 0.6) is 5.75 Å². The van der Waals surface area contributed by atoms with Gasteiger partial charge < -0.3 is 19.7 Å². The monoisotopic (exact) mass is 330 g/mol. The van der Waals surface area contributed by atoms with Crippen LogP contribution in [-0.2, 0) is 6.42 Å². The van der Waals surface area contributed by atoms with Gasteiger partial charge in [0, 0.05) is 30.8 Å². The molecule has 1 aromatic heterocycles. The molecule has 0 radical (unpaired) electrons. The number of hydrogen-bond acceptors (Lipinski definition) is 3. The topological polar surface area (TPSA) is 48.5 Å². The average Bonchev–Trinajstić information content (AvgIpc) is 3.14. The maximum absolute atomic E-state index is 12.3. The van der Waals surface area contributed by atoms with E-state index < -0.39 is 6.36 Å². The summed E-state index contributed by atoms with van der Waals surface area (Å²) < 4.78 is 40.8. The highest BCUT2D eigenvalue weighted by atomic mass is 19.4. The van der Waals surface area contributed by atoms with E-state index in [1.165, 1.54) is 25.0 Å². The lowest BCUT2D eigenvalue weighted by Gasteiger charge is -2.13. The summed E-state index contributed by atoms with van der Waals surface area (Å²) in [5.41, 5.74) is 1.87. The quantitative estimate of drug-likeness (QED) is 0.904. The Morgan fingerprint density at radius 1 is 1.22 bits per heavy atom.